The van der Waals surface area contributed by atoms with Gasteiger partial charge in [0, 0.05) is 12.5 Å². The van der Waals surface area contributed by atoms with E-state index in [1.54, 1.807) is 6.08 Å². The Bertz CT molecular complexity index is 347. The lowest BCUT2D eigenvalue weighted by Crippen LogP contribution is -2.25. The Hall–Kier alpha value is -1.77. The molecule has 0 aromatic heterocycles. The van der Waals surface area contributed by atoms with Gasteiger partial charge in [0.05, 0.1) is 6.54 Å². The van der Waals surface area contributed by atoms with Gasteiger partial charge in [-0.1, -0.05) is 30.9 Å². The highest BCUT2D eigenvalue weighted by Crippen LogP contribution is 2.18. The van der Waals surface area contributed by atoms with E-state index in [9.17, 15) is 4.79 Å². The minimum atomic E-state index is -0.0457. The summed E-state index contributed by atoms with van der Waals surface area (Å²) in [4.78, 5) is 10.6. The summed E-state index contributed by atoms with van der Waals surface area (Å²) < 4.78 is 5.49. The molecule has 80 valence electrons. The van der Waals surface area contributed by atoms with E-state index in [1.807, 2.05) is 24.3 Å². The molecule has 0 unspecified atom stereocenters. The van der Waals surface area contributed by atoms with Crippen LogP contribution in [0.5, 0.6) is 5.75 Å². The molecule has 0 fully saturated rings. The van der Waals surface area contributed by atoms with Gasteiger partial charge in [0.15, 0.2) is 0 Å². The standard InChI is InChI=1S/C12H15NO2/c1-3-11-6-4-5-7-12(11)15-9-8-13-10(2)14/h3-7H,1,8-9H2,2H3,(H,13,14). The third kappa shape index (κ3) is 3.85. The maximum atomic E-state index is 10.6. The third-order valence-corrected chi connectivity index (χ3v) is 1.87. The molecule has 1 N–H and O–H groups in total. The van der Waals surface area contributed by atoms with Gasteiger partial charge in [-0.3, -0.25) is 4.79 Å². The third-order valence-electron chi connectivity index (χ3n) is 1.87. The van der Waals surface area contributed by atoms with Crippen molar-refractivity contribution in [2.45, 2.75) is 6.92 Å². The molecule has 0 aliphatic heterocycles. The number of rotatable bonds is 5. The van der Waals surface area contributed by atoms with Gasteiger partial charge in [0.1, 0.15) is 12.4 Å². The van der Waals surface area contributed by atoms with Crippen LogP contribution >= 0.6 is 0 Å². The molecule has 15 heavy (non-hydrogen) atoms. The molecule has 0 heterocycles. The number of carbonyl (C=O) groups excluding carboxylic acids is 1. The van der Waals surface area contributed by atoms with Gasteiger partial charge in [-0.15, -0.1) is 0 Å². The second-order valence-electron chi connectivity index (χ2n) is 3.07. The number of carbonyl (C=O) groups is 1. The highest BCUT2D eigenvalue weighted by Gasteiger charge is 1.98. The molecule has 1 aromatic rings. The molecule has 1 aromatic carbocycles. The van der Waals surface area contributed by atoms with Crippen molar-refractivity contribution in [3.05, 3.63) is 36.4 Å². The Balaban J connectivity index is 2.43. The maximum Gasteiger partial charge on any atom is 0.216 e. The molecule has 1 amide bonds. The average molecular weight is 205 g/mol. The lowest BCUT2D eigenvalue weighted by molar-refractivity contribution is -0.119. The van der Waals surface area contributed by atoms with Gasteiger partial charge >= 0.3 is 0 Å². The van der Waals surface area contributed by atoms with E-state index in [4.69, 9.17) is 4.74 Å². The van der Waals surface area contributed by atoms with Crippen molar-refractivity contribution in [1.29, 1.82) is 0 Å². The number of hydrogen-bond donors (Lipinski definition) is 1. The van der Waals surface area contributed by atoms with Crippen LogP contribution < -0.4 is 10.1 Å². The summed E-state index contributed by atoms with van der Waals surface area (Å²) in [5.41, 5.74) is 0.959. The van der Waals surface area contributed by atoms with Crippen LogP contribution in [0.3, 0.4) is 0 Å². The molecule has 1 rings (SSSR count). The van der Waals surface area contributed by atoms with E-state index in [2.05, 4.69) is 11.9 Å². The van der Waals surface area contributed by atoms with Crippen molar-refractivity contribution >= 4 is 12.0 Å². The van der Waals surface area contributed by atoms with Crippen LogP contribution in [0.4, 0.5) is 0 Å². The number of amides is 1. The van der Waals surface area contributed by atoms with Crippen LogP contribution in [0.2, 0.25) is 0 Å². The van der Waals surface area contributed by atoms with Gasteiger partial charge in [-0.05, 0) is 6.07 Å². The SMILES string of the molecule is C=Cc1ccccc1OCCNC(C)=O. The molecule has 0 aliphatic carbocycles. The van der Waals surface area contributed by atoms with E-state index in [0.29, 0.717) is 13.2 Å². The molecular formula is C12H15NO2. The lowest BCUT2D eigenvalue weighted by Gasteiger charge is -2.08. The van der Waals surface area contributed by atoms with Crippen LogP contribution in [0, 0.1) is 0 Å². The summed E-state index contributed by atoms with van der Waals surface area (Å²) in [5, 5.41) is 2.66. The second-order valence-corrected chi connectivity index (χ2v) is 3.07. The number of benzene rings is 1. The lowest BCUT2D eigenvalue weighted by atomic mass is 10.2. The van der Waals surface area contributed by atoms with Crippen LogP contribution in [0.25, 0.3) is 6.08 Å². The first kappa shape index (κ1) is 11.3. The Kier molecular flexibility index (Phi) is 4.41. The van der Waals surface area contributed by atoms with Crippen LogP contribution in [-0.2, 0) is 4.79 Å². The normalized spacial score (nSPS) is 9.40. The Labute approximate surface area is 89.8 Å². The minimum Gasteiger partial charge on any atom is -0.491 e. The molecule has 0 saturated heterocycles. The van der Waals surface area contributed by atoms with Crippen molar-refractivity contribution in [2.24, 2.45) is 0 Å². The number of ether oxygens (including phenoxy) is 1. The summed E-state index contributed by atoms with van der Waals surface area (Å²) in [6.07, 6.45) is 1.74. The van der Waals surface area contributed by atoms with Crippen molar-refractivity contribution in [2.75, 3.05) is 13.2 Å². The first-order valence-corrected chi connectivity index (χ1v) is 4.82. The van der Waals surface area contributed by atoms with Crippen molar-refractivity contribution in [3.8, 4) is 5.75 Å². The molecule has 0 radical (unpaired) electrons. The average Bonchev–Trinajstić information content (AvgIpc) is 2.24. The van der Waals surface area contributed by atoms with Crippen LogP contribution in [-0.4, -0.2) is 19.1 Å². The van der Waals surface area contributed by atoms with Crippen molar-refractivity contribution in [1.82, 2.24) is 5.32 Å². The predicted molar refractivity (Wildman–Crippen MR) is 60.7 cm³/mol. The molecular weight excluding hydrogens is 190 g/mol. The maximum absolute atomic E-state index is 10.6. The van der Waals surface area contributed by atoms with Gasteiger partial charge in [0.2, 0.25) is 5.91 Å². The van der Waals surface area contributed by atoms with E-state index >= 15 is 0 Å². The number of hydrogen-bond acceptors (Lipinski definition) is 2. The molecule has 0 aliphatic rings. The fraction of sp³-hybridized carbons (Fsp3) is 0.250. The largest absolute Gasteiger partial charge is 0.491 e. The highest BCUT2D eigenvalue weighted by atomic mass is 16.5. The van der Waals surface area contributed by atoms with Crippen LogP contribution in [0.1, 0.15) is 12.5 Å². The zero-order valence-electron chi connectivity index (χ0n) is 8.82. The predicted octanol–water partition coefficient (Wildman–Crippen LogP) is 1.84. The first-order chi connectivity index (χ1) is 7.24. The molecule has 3 nitrogen and oxygen atoms in total. The number of nitrogens with one attached hydrogen (secondary N) is 1. The monoisotopic (exact) mass is 205 g/mol. The van der Waals surface area contributed by atoms with Gasteiger partial charge in [-0.25, -0.2) is 0 Å². The van der Waals surface area contributed by atoms with E-state index in [1.165, 1.54) is 6.92 Å². The summed E-state index contributed by atoms with van der Waals surface area (Å²) in [7, 11) is 0. The Morgan fingerprint density at radius 3 is 2.93 bits per heavy atom. The summed E-state index contributed by atoms with van der Waals surface area (Å²) in [6.45, 7) is 6.16. The zero-order chi connectivity index (χ0) is 11.1. The van der Waals surface area contributed by atoms with Gasteiger partial charge in [-0.2, -0.15) is 0 Å². The summed E-state index contributed by atoms with van der Waals surface area (Å²) >= 11 is 0. The molecule has 0 spiro atoms. The first-order valence-electron chi connectivity index (χ1n) is 4.82. The van der Waals surface area contributed by atoms with E-state index < -0.39 is 0 Å². The summed E-state index contributed by atoms with van der Waals surface area (Å²) in [6, 6.07) is 7.64. The van der Waals surface area contributed by atoms with Gasteiger partial charge < -0.3 is 10.1 Å². The fourth-order valence-corrected chi connectivity index (χ4v) is 1.17. The molecule has 3 heteroatoms. The van der Waals surface area contributed by atoms with Gasteiger partial charge in [0.25, 0.3) is 0 Å². The molecule has 0 saturated carbocycles. The highest BCUT2D eigenvalue weighted by molar-refractivity contribution is 5.72. The second kappa shape index (κ2) is 5.86. The fourth-order valence-electron chi connectivity index (χ4n) is 1.17. The number of para-hydroxylation sites is 1. The molecule has 0 atom stereocenters. The van der Waals surface area contributed by atoms with Crippen molar-refractivity contribution < 1.29 is 9.53 Å². The smallest absolute Gasteiger partial charge is 0.216 e. The zero-order valence-corrected chi connectivity index (χ0v) is 8.82. The topological polar surface area (TPSA) is 38.3 Å². The minimum absolute atomic E-state index is 0.0457. The van der Waals surface area contributed by atoms with Crippen LogP contribution in [0.15, 0.2) is 30.8 Å². The quantitative estimate of drug-likeness (QED) is 0.745. The Morgan fingerprint density at radius 1 is 1.53 bits per heavy atom. The summed E-state index contributed by atoms with van der Waals surface area (Å²) in [5.74, 6) is 0.744. The van der Waals surface area contributed by atoms with Crippen molar-refractivity contribution in [3.63, 3.8) is 0 Å². The van der Waals surface area contributed by atoms with E-state index in [0.717, 1.165) is 11.3 Å². The molecule has 0 bridgehead atoms. The van der Waals surface area contributed by atoms with E-state index in [-0.39, 0.29) is 5.91 Å². The Morgan fingerprint density at radius 2 is 2.27 bits per heavy atom.